The average molecular weight is 1170 g/mol. The van der Waals surface area contributed by atoms with Crippen molar-refractivity contribution in [1.29, 1.82) is 0 Å². The molecule has 6 N–H and O–H groups in total. The Morgan fingerprint density at radius 3 is 1.25 bits per heavy atom. The zero-order valence-electron chi connectivity index (χ0n) is 53.9. The van der Waals surface area contributed by atoms with Gasteiger partial charge in [-0.15, -0.1) is 0 Å². The van der Waals surface area contributed by atoms with Crippen LogP contribution in [0.3, 0.4) is 0 Å². The molecule has 1 aliphatic heterocycles. The van der Waals surface area contributed by atoms with E-state index in [1.54, 1.807) is 6.08 Å². The Morgan fingerprint density at radius 1 is 0.446 bits per heavy atom. The second-order valence-corrected chi connectivity index (χ2v) is 24.6. The average Bonchev–Trinajstić information content (AvgIpc) is 3.57. The Kier molecular flexibility index (Phi) is 58.0. The summed E-state index contributed by atoms with van der Waals surface area (Å²) in [6.07, 6.45) is 69.7. The molecule has 0 bridgehead atoms. The first-order valence-corrected chi connectivity index (χ1v) is 35.4. The number of hydrogen-bond acceptors (Lipinski definition) is 10. The number of aliphatic hydroxyl groups is 5. The van der Waals surface area contributed by atoms with Crippen LogP contribution in [0.15, 0.2) is 48.6 Å². The van der Waals surface area contributed by atoms with Crippen molar-refractivity contribution in [1.82, 2.24) is 5.32 Å². The fourth-order valence-corrected chi connectivity index (χ4v) is 11.0. The molecule has 0 spiro atoms. The molecule has 0 saturated carbocycles. The van der Waals surface area contributed by atoms with Gasteiger partial charge < -0.3 is 45.1 Å². The van der Waals surface area contributed by atoms with Crippen LogP contribution in [-0.4, -0.2) is 100 Å². The summed E-state index contributed by atoms with van der Waals surface area (Å²) in [6, 6.07) is -0.808. The van der Waals surface area contributed by atoms with E-state index in [0.717, 1.165) is 64.2 Å². The van der Waals surface area contributed by atoms with E-state index in [-0.39, 0.29) is 18.5 Å². The third-order valence-electron chi connectivity index (χ3n) is 16.7. The number of aliphatic hydroxyl groups excluding tert-OH is 5. The standard InChI is InChI=1S/C72H133NO10/c1-3-5-7-9-11-13-14-15-16-30-34-37-40-44-48-52-56-60-68(77)81-61-57-53-49-45-41-38-35-32-29-27-25-23-21-19-17-18-20-22-24-26-28-31-33-36-39-43-47-51-55-59-67(76)73-64(65(75)58-54-50-46-42-12-10-8-6-4-2)63-82-72-71(80)70(79)69(78)66(62-74)83-72/h11,13,15-17,19,54,58,64-66,69-72,74-75,78-80H,3-10,12,14,18,20-53,55-57,59-63H2,1-2H3,(H,73,76)/b13-11-,16-15-,19-17-,58-54+. The molecule has 0 aliphatic carbocycles. The lowest BCUT2D eigenvalue weighted by Crippen LogP contribution is -2.60. The molecule has 1 amide bonds. The van der Waals surface area contributed by atoms with Crippen LogP contribution in [0.2, 0.25) is 0 Å². The first kappa shape index (κ1) is 78.6. The fourth-order valence-electron chi connectivity index (χ4n) is 11.0. The number of carbonyl (C=O) groups is 2. The van der Waals surface area contributed by atoms with Crippen LogP contribution in [0.25, 0.3) is 0 Å². The summed E-state index contributed by atoms with van der Waals surface area (Å²) in [5.74, 6) is -0.182. The molecule has 11 heteroatoms. The molecule has 1 rings (SSSR count). The van der Waals surface area contributed by atoms with Gasteiger partial charge >= 0.3 is 5.97 Å². The largest absolute Gasteiger partial charge is 0.466 e. The summed E-state index contributed by atoms with van der Waals surface area (Å²) in [6.45, 7) is 4.31. The van der Waals surface area contributed by atoms with Gasteiger partial charge in [-0.05, 0) is 89.9 Å². The van der Waals surface area contributed by atoms with Crippen LogP contribution in [0.5, 0.6) is 0 Å². The molecule has 7 atom stereocenters. The Hall–Kier alpha value is -2.38. The van der Waals surface area contributed by atoms with Crippen molar-refractivity contribution in [3.63, 3.8) is 0 Å². The second kappa shape index (κ2) is 61.3. The van der Waals surface area contributed by atoms with E-state index in [1.165, 1.54) is 244 Å². The van der Waals surface area contributed by atoms with Gasteiger partial charge in [0.15, 0.2) is 6.29 Å². The Bertz CT molecular complexity index is 1520. The normalized spacial score (nSPS) is 18.4. The van der Waals surface area contributed by atoms with E-state index < -0.39 is 49.5 Å². The Morgan fingerprint density at radius 2 is 0.807 bits per heavy atom. The maximum absolute atomic E-state index is 13.0. The molecule has 0 aromatic rings. The molecule has 11 nitrogen and oxygen atoms in total. The summed E-state index contributed by atoms with van der Waals surface area (Å²) < 4.78 is 16.7. The van der Waals surface area contributed by atoms with Crippen LogP contribution >= 0.6 is 0 Å². The summed E-state index contributed by atoms with van der Waals surface area (Å²) in [5, 5.41) is 54.3. The Labute approximate surface area is 510 Å². The highest BCUT2D eigenvalue weighted by atomic mass is 16.7. The molecule has 83 heavy (non-hydrogen) atoms. The number of nitrogens with one attached hydrogen (secondary N) is 1. The van der Waals surface area contributed by atoms with E-state index >= 15 is 0 Å². The number of allylic oxidation sites excluding steroid dienone is 7. The third kappa shape index (κ3) is 50.3. The molecule has 486 valence electrons. The Balaban J connectivity index is 1.91. The van der Waals surface area contributed by atoms with Gasteiger partial charge in [-0.3, -0.25) is 9.59 Å². The van der Waals surface area contributed by atoms with Gasteiger partial charge in [0.05, 0.1) is 32.0 Å². The highest BCUT2D eigenvalue weighted by Gasteiger charge is 2.44. The first-order chi connectivity index (χ1) is 40.7. The third-order valence-corrected chi connectivity index (χ3v) is 16.7. The van der Waals surface area contributed by atoms with E-state index in [9.17, 15) is 35.1 Å². The topological polar surface area (TPSA) is 175 Å². The minimum atomic E-state index is -1.57. The van der Waals surface area contributed by atoms with Crippen LogP contribution < -0.4 is 5.32 Å². The molecule has 1 fully saturated rings. The molecule has 1 heterocycles. The molecule has 0 aromatic carbocycles. The van der Waals surface area contributed by atoms with E-state index in [0.29, 0.717) is 19.4 Å². The van der Waals surface area contributed by atoms with Gasteiger partial charge in [0.25, 0.3) is 0 Å². The SMILES string of the molecule is CCCCC/C=C\C/C=C\CCCCCCCCCC(=O)OCCCCCCCCCCCCCC/C=C\CCCCCCCCCCCCCCCC(=O)NC(COC1OC(CO)C(O)C(O)C1O)C(O)/C=C/CCCCCCCCC. The molecular weight excluding hydrogens is 1040 g/mol. The van der Waals surface area contributed by atoms with Gasteiger partial charge in [0.2, 0.25) is 5.91 Å². The van der Waals surface area contributed by atoms with Crippen molar-refractivity contribution in [2.75, 3.05) is 19.8 Å². The van der Waals surface area contributed by atoms with Crippen molar-refractivity contribution < 1.29 is 49.3 Å². The van der Waals surface area contributed by atoms with Crippen molar-refractivity contribution in [2.45, 2.75) is 378 Å². The lowest BCUT2D eigenvalue weighted by atomic mass is 9.99. The summed E-state index contributed by atoms with van der Waals surface area (Å²) in [5.41, 5.74) is 0. The van der Waals surface area contributed by atoms with Crippen LogP contribution in [0, 0.1) is 0 Å². The molecule has 0 radical (unpaired) electrons. The van der Waals surface area contributed by atoms with E-state index in [1.807, 2.05) is 6.08 Å². The number of carbonyl (C=O) groups excluding carboxylic acids is 2. The number of amides is 1. The number of hydrogen-bond donors (Lipinski definition) is 6. The molecule has 7 unspecified atom stereocenters. The molecule has 1 saturated heterocycles. The predicted molar refractivity (Wildman–Crippen MR) is 347 cm³/mol. The van der Waals surface area contributed by atoms with Crippen LogP contribution in [0.1, 0.15) is 335 Å². The minimum absolute atomic E-state index is 0.0000190. The number of ether oxygens (including phenoxy) is 3. The highest BCUT2D eigenvalue weighted by molar-refractivity contribution is 5.76. The second-order valence-electron chi connectivity index (χ2n) is 24.6. The first-order valence-electron chi connectivity index (χ1n) is 35.4. The number of esters is 1. The molecule has 1 aliphatic rings. The van der Waals surface area contributed by atoms with Gasteiger partial charge in [0, 0.05) is 12.8 Å². The van der Waals surface area contributed by atoms with Gasteiger partial charge in [0.1, 0.15) is 24.4 Å². The summed E-state index contributed by atoms with van der Waals surface area (Å²) >= 11 is 0. The predicted octanol–water partition coefficient (Wildman–Crippen LogP) is 18.0. The minimum Gasteiger partial charge on any atom is -0.466 e. The van der Waals surface area contributed by atoms with Crippen molar-refractivity contribution in [2.24, 2.45) is 0 Å². The lowest BCUT2D eigenvalue weighted by molar-refractivity contribution is -0.302. The molecule has 0 aromatic heterocycles. The van der Waals surface area contributed by atoms with Crippen molar-refractivity contribution >= 4 is 11.9 Å². The van der Waals surface area contributed by atoms with Crippen molar-refractivity contribution in [3.05, 3.63) is 48.6 Å². The van der Waals surface area contributed by atoms with Crippen molar-refractivity contribution in [3.8, 4) is 0 Å². The number of rotatable bonds is 62. The molecular formula is C72H133NO10. The van der Waals surface area contributed by atoms with Crippen LogP contribution in [0.4, 0.5) is 0 Å². The van der Waals surface area contributed by atoms with Gasteiger partial charge in [-0.2, -0.15) is 0 Å². The summed E-state index contributed by atoms with van der Waals surface area (Å²) in [4.78, 5) is 25.1. The smallest absolute Gasteiger partial charge is 0.305 e. The zero-order valence-corrected chi connectivity index (χ0v) is 53.9. The van der Waals surface area contributed by atoms with E-state index in [2.05, 4.69) is 55.6 Å². The monoisotopic (exact) mass is 1170 g/mol. The lowest BCUT2D eigenvalue weighted by Gasteiger charge is -2.40. The van der Waals surface area contributed by atoms with Gasteiger partial charge in [-0.1, -0.05) is 281 Å². The maximum atomic E-state index is 13.0. The summed E-state index contributed by atoms with van der Waals surface area (Å²) in [7, 11) is 0. The maximum Gasteiger partial charge on any atom is 0.305 e. The highest BCUT2D eigenvalue weighted by Crippen LogP contribution is 2.23. The zero-order chi connectivity index (χ0) is 60.2. The van der Waals surface area contributed by atoms with Gasteiger partial charge in [-0.25, -0.2) is 0 Å². The van der Waals surface area contributed by atoms with E-state index in [4.69, 9.17) is 14.2 Å². The fraction of sp³-hybridized carbons (Fsp3) is 0.861. The quantitative estimate of drug-likeness (QED) is 0.0195. The number of unbranched alkanes of at least 4 members (excludes halogenated alkanes) is 42. The van der Waals surface area contributed by atoms with Crippen LogP contribution in [-0.2, 0) is 23.8 Å².